The van der Waals surface area contributed by atoms with Crippen molar-refractivity contribution < 1.29 is 0 Å². The average molecular weight is 352 g/mol. The molecule has 1 nitrogen and oxygen atoms in total. The predicted octanol–water partition coefficient (Wildman–Crippen LogP) is 7.29. The maximum atomic E-state index is 3.92. The Bertz CT molecular complexity index is 687. The maximum absolute atomic E-state index is 3.92. The van der Waals surface area contributed by atoms with Gasteiger partial charge in [-0.1, -0.05) is 82.1 Å². The molecule has 1 heteroatoms. The highest BCUT2D eigenvalue weighted by atomic mass is 15.0. The number of aryl methyl sites for hydroxylation is 2. The Morgan fingerprint density at radius 2 is 1.54 bits per heavy atom. The van der Waals surface area contributed by atoms with Gasteiger partial charge in [0, 0.05) is 11.2 Å². The molecule has 1 atom stereocenters. The highest BCUT2D eigenvalue weighted by Crippen LogP contribution is 2.38. The van der Waals surface area contributed by atoms with Crippen LogP contribution in [-0.2, 0) is 11.8 Å². The van der Waals surface area contributed by atoms with Crippen LogP contribution in [-0.4, -0.2) is 5.54 Å². The van der Waals surface area contributed by atoms with E-state index in [9.17, 15) is 0 Å². The molecule has 0 heterocycles. The molecule has 0 fully saturated rings. The van der Waals surface area contributed by atoms with Gasteiger partial charge in [-0.3, -0.25) is 0 Å². The van der Waals surface area contributed by atoms with E-state index in [1.165, 1.54) is 41.6 Å². The third kappa shape index (κ3) is 5.13. The number of hydrogen-bond donors (Lipinski definition) is 1. The van der Waals surface area contributed by atoms with Gasteiger partial charge in [-0.15, -0.1) is 0 Å². The lowest BCUT2D eigenvalue weighted by molar-refractivity contribution is 0.323. The van der Waals surface area contributed by atoms with Crippen molar-refractivity contribution in [1.29, 1.82) is 0 Å². The van der Waals surface area contributed by atoms with Gasteiger partial charge >= 0.3 is 0 Å². The van der Waals surface area contributed by atoms with Crippen molar-refractivity contribution >= 4 is 5.69 Å². The molecule has 0 aromatic heterocycles. The number of nitrogens with one attached hydrogen (secondary N) is 1. The van der Waals surface area contributed by atoms with Crippen LogP contribution in [0.2, 0.25) is 0 Å². The highest BCUT2D eigenvalue weighted by Gasteiger charge is 2.33. The lowest BCUT2D eigenvalue weighted by atomic mass is 9.70. The first-order valence-corrected chi connectivity index (χ1v) is 10.2. The second kappa shape index (κ2) is 8.75. The van der Waals surface area contributed by atoms with Gasteiger partial charge in [0.15, 0.2) is 0 Å². The van der Waals surface area contributed by atoms with Gasteiger partial charge in [0.25, 0.3) is 0 Å². The van der Waals surface area contributed by atoms with E-state index in [1.807, 2.05) is 0 Å². The smallest absolute Gasteiger partial charge is 0.0406 e. The van der Waals surface area contributed by atoms with E-state index in [0.717, 1.165) is 12.8 Å². The fourth-order valence-electron chi connectivity index (χ4n) is 4.47. The SMILES string of the molecule is CCCc1cccc(C)c1NC(C)(C)CC(C)(CCC)c1ccccc1. The number of benzene rings is 2. The van der Waals surface area contributed by atoms with Crippen molar-refractivity contribution in [2.75, 3.05) is 5.32 Å². The first-order chi connectivity index (χ1) is 12.3. The Hall–Kier alpha value is -1.76. The molecule has 2 rings (SSSR count). The molecule has 0 saturated heterocycles. The number of anilines is 1. The Morgan fingerprint density at radius 3 is 2.15 bits per heavy atom. The molecule has 0 aliphatic carbocycles. The minimum Gasteiger partial charge on any atom is -0.380 e. The van der Waals surface area contributed by atoms with Gasteiger partial charge < -0.3 is 5.32 Å². The quantitative estimate of drug-likeness (QED) is 0.500. The monoisotopic (exact) mass is 351 g/mol. The third-order valence-corrected chi connectivity index (χ3v) is 5.45. The zero-order valence-corrected chi connectivity index (χ0v) is 17.7. The summed E-state index contributed by atoms with van der Waals surface area (Å²) in [7, 11) is 0. The summed E-state index contributed by atoms with van der Waals surface area (Å²) in [5.74, 6) is 0. The molecule has 2 aromatic rings. The van der Waals surface area contributed by atoms with E-state index in [-0.39, 0.29) is 11.0 Å². The molecule has 1 N–H and O–H groups in total. The standard InChI is InChI=1S/C25H37N/c1-7-13-21-15-12-14-20(3)23(21)26-24(4,5)19-25(6,18-8-2)22-16-10-9-11-17-22/h9-12,14-17,26H,7-8,13,18-19H2,1-6H3. The molecular formula is C25H37N. The Kier molecular flexibility index (Phi) is 6.92. The van der Waals surface area contributed by atoms with E-state index in [4.69, 9.17) is 0 Å². The van der Waals surface area contributed by atoms with Crippen LogP contribution < -0.4 is 5.32 Å². The van der Waals surface area contributed by atoms with Crippen molar-refractivity contribution in [3.63, 3.8) is 0 Å². The van der Waals surface area contributed by atoms with Gasteiger partial charge in [-0.2, -0.15) is 0 Å². The van der Waals surface area contributed by atoms with Crippen LogP contribution in [0.4, 0.5) is 5.69 Å². The van der Waals surface area contributed by atoms with Gasteiger partial charge in [0.1, 0.15) is 0 Å². The molecule has 0 radical (unpaired) electrons. The van der Waals surface area contributed by atoms with E-state index in [0.29, 0.717) is 0 Å². The summed E-state index contributed by atoms with van der Waals surface area (Å²) in [5.41, 5.74) is 5.79. The number of hydrogen-bond acceptors (Lipinski definition) is 1. The zero-order valence-electron chi connectivity index (χ0n) is 17.7. The zero-order chi connectivity index (χ0) is 19.2. The summed E-state index contributed by atoms with van der Waals surface area (Å²) in [6.45, 7) is 13.9. The van der Waals surface area contributed by atoms with Crippen molar-refractivity contribution in [3.8, 4) is 0 Å². The Morgan fingerprint density at radius 1 is 0.846 bits per heavy atom. The fourth-order valence-corrected chi connectivity index (χ4v) is 4.47. The van der Waals surface area contributed by atoms with Gasteiger partial charge in [-0.05, 0) is 62.1 Å². The van der Waals surface area contributed by atoms with Crippen LogP contribution in [0.25, 0.3) is 0 Å². The minimum atomic E-state index is 0.0222. The second-order valence-corrected chi connectivity index (χ2v) is 8.72. The molecule has 26 heavy (non-hydrogen) atoms. The molecule has 1 unspecified atom stereocenters. The number of rotatable bonds is 9. The van der Waals surface area contributed by atoms with Gasteiger partial charge in [-0.25, -0.2) is 0 Å². The van der Waals surface area contributed by atoms with E-state index >= 15 is 0 Å². The Labute approximate surface area is 161 Å². The van der Waals surface area contributed by atoms with Gasteiger partial charge in [0.05, 0.1) is 0 Å². The van der Waals surface area contributed by atoms with Crippen LogP contribution in [0.1, 0.15) is 77.0 Å². The van der Waals surface area contributed by atoms with Crippen molar-refractivity contribution in [1.82, 2.24) is 0 Å². The molecule has 0 bridgehead atoms. The largest absolute Gasteiger partial charge is 0.380 e. The van der Waals surface area contributed by atoms with Crippen LogP contribution in [0, 0.1) is 6.92 Å². The van der Waals surface area contributed by atoms with E-state index in [1.54, 1.807) is 0 Å². The first-order valence-electron chi connectivity index (χ1n) is 10.2. The predicted molar refractivity (Wildman–Crippen MR) is 116 cm³/mol. The average Bonchev–Trinajstić information content (AvgIpc) is 2.59. The van der Waals surface area contributed by atoms with Crippen LogP contribution in [0.5, 0.6) is 0 Å². The molecule has 2 aromatic carbocycles. The summed E-state index contributed by atoms with van der Waals surface area (Å²) in [6.07, 6.45) is 5.82. The minimum absolute atomic E-state index is 0.0222. The van der Waals surface area contributed by atoms with Gasteiger partial charge in [0.2, 0.25) is 0 Å². The lowest BCUT2D eigenvalue weighted by Crippen LogP contribution is -2.40. The highest BCUT2D eigenvalue weighted by molar-refractivity contribution is 5.58. The summed E-state index contributed by atoms with van der Waals surface area (Å²) in [5, 5.41) is 3.92. The normalized spacial score (nSPS) is 14.1. The second-order valence-electron chi connectivity index (χ2n) is 8.72. The molecule has 0 aliphatic heterocycles. The summed E-state index contributed by atoms with van der Waals surface area (Å²) in [6, 6.07) is 17.7. The van der Waals surface area contributed by atoms with E-state index < -0.39 is 0 Å². The molecule has 0 amide bonds. The molecule has 0 spiro atoms. The molecule has 0 saturated carbocycles. The summed E-state index contributed by atoms with van der Waals surface area (Å²) in [4.78, 5) is 0. The molecular weight excluding hydrogens is 314 g/mol. The van der Waals surface area contributed by atoms with Crippen molar-refractivity contribution in [2.45, 2.75) is 84.6 Å². The first kappa shape index (κ1) is 20.6. The van der Waals surface area contributed by atoms with Crippen LogP contribution in [0.15, 0.2) is 48.5 Å². The molecule has 0 aliphatic rings. The lowest BCUT2D eigenvalue weighted by Gasteiger charge is -2.40. The summed E-state index contributed by atoms with van der Waals surface area (Å²) >= 11 is 0. The Balaban J connectivity index is 2.29. The molecule has 142 valence electrons. The van der Waals surface area contributed by atoms with Crippen molar-refractivity contribution in [2.24, 2.45) is 0 Å². The van der Waals surface area contributed by atoms with Crippen molar-refractivity contribution in [3.05, 3.63) is 65.2 Å². The topological polar surface area (TPSA) is 12.0 Å². The fraction of sp³-hybridized carbons (Fsp3) is 0.520. The summed E-state index contributed by atoms with van der Waals surface area (Å²) < 4.78 is 0. The van der Waals surface area contributed by atoms with Crippen LogP contribution >= 0.6 is 0 Å². The number of para-hydroxylation sites is 1. The van der Waals surface area contributed by atoms with Crippen LogP contribution in [0.3, 0.4) is 0 Å². The van der Waals surface area contributed by atoms with E-state index in [2.05, 4.69) is 95.4 Å². The maximum Gasteiger partial charge on any atom is 0.0406 e. The third-order valence-electron chi connectivity index (χ3n) is 5.45.